The Morgan fingerprint density at radius 1 is 1.21 bits per heavy atom. The van der Waals surface area contributed by atoms with Crippen LogP contribution < -0.4 is 15.4 Å². The Morgan fingerprint density at radius 3 is 2.67 bits per heavy atom. The van der Waals surface area contributed by atoms with Gasteiger partial charge >= 0.3 is 0 Å². The highest BCUT2D eigenvalue weighted by molar-refractivity contribution is 7.99. The van der Waals surface area contributed by atoms with Crippen molar-refractivity contribution in [3.05, 3.63) is 77.1 Å². The van der Waals surface area contributed by atoms with E-state index in [-0.39, 0.29) is 24.1 Å². The van der Waals surface area contributed by atoms with Crippen LogP contribution in [0.1, 0.15) is 21.7 Å². The second-order valence-corrected chi connectivity index (χ2v) is 8.38. The van der Waals surface area contributed by atoms with Gasteiger partial charge in [0.15, 0.2) is 11.0 Å². The van der Waals surface area contributed by atoms with Gasteiger partial charge in [-0.25, -0.2) is 0 Å². The van der Waals surface area contributed by atoms with E-state index in [1.807, 2.05) is 17.6 Å². The summed E-state index contributed by atoms with van der Waals surface area (Å²) in [6.07, 6.45) is 1.71. The van der Waals surface area contributed by atoms with E-state index in [1.54, 1.807) is 49.6 Å². The van der Waals surface area contributed by atoms with Crippen molar-refractivity contribution in [3.63, 3.8) is 0 Å². The Morgan fingerprint density at radius 2 is 1.97 bits per heavy atom. The summed E-state index contributed by atoms with van der Waals surface area (Å²) in [6, 6.07) is 12.1. The number of thioether (sulfide) groups is 1. The Labute approximate surface area is 201 Å². The monoisotopic (exact) mass is 485 g/mol. The molecule has 3 aromatic rings. The number of aryl methyl sites for hydroxylation is 1. The molecule has 1 aromatic heterocycles. The van der Waals surface area contributed by atoms with Crippen molar-refractivity contribution in [2.75, 3.05) is 18.2 Å². The molecule has 0 fully saturated rings. The summed E-state index contributed by atoms with van der Waals surface area (Å²) in [5, 5.41) is 15.2. The van der Waals surface area contributed by atoms with Crippen LogP contribution in [0.2, 0.25) is 5.02 Å². The van der Waals surface area contributed by atoms with Crippen LogP contribution in [-0.2, 0) is 17.9 Å². The van der Waals surface area contributed by atoms with E-state index in [9.17, 15) is 9.59 Å². The summed E-state index contributed by atoms with van der Waals surface area (Å²) >= 11 is 7.26. The number of allylic oxidation sites excluding steroid dienone is 1. The highest BCUT2D eigenvalue weighted by atomic mass is 35.5. The fraction of sp³-hybridized carbons (Fsp3) is 0.217. The summed E-state index contributed by atoms with van der Waals surface area (Å²) in [7, 11) is 1.57. The molecule has 0 spiro atoms. The molecule has 33 heavy (non-hydrogen) atoms. The molecule has 10 heteroatoms. The van der Waals surface area contributed by atoms with Gasteiger partial charge in [0.2, 0.25) is 5.91 Å². The van der Waals surface area contributed by atoms with E-state index < -0.39 is 0 Å². The van der Waals surface area contributed by atoms with E-state index >= 15 is 0 Å². The van der Waals surface area contributed by atoms with Gasteiger partial charge in [-0.2, -0.15) is 0 Å². The molecule has 0 unspecified atom stereocenters. The van der Waals surface area contributed by atoms with Crippen LogP contribution in [0.25, 0.3) is 0 Å². The number of amides is 2. The van der Waals surface area contributed by atoms with Gasteiger partial charge in [0.05, 0.1) is 19.4 Å². The summed E-state index contributed by atoms with van der Waals surface area (Å²) < 4.78 is 6.92. The maximum Gasteiger partial charge on any atom is 0.251 e. The Bertz CT molecular complexity index is 1150. The fourth-order valence-corrected chi connectivity index (χ4v) is 3.86. The Kier molecular flexibility index (Phi) is 8.51. The first kappa shape index (κ1) is 24.3. The topological polar surface area (TPSA) is 98.1 Å². The molecule has 1 heterocycles. The summed E-state index contributed by atoms with van der Waals surface area (Å²) in [5.41, 5.74) is 2.10. The summed E-state index contributed by atoms with van der Waals surface area (Å²) in [4.78, 5) is 24.9. The van der Waals surface area contributed by atoms with E-state index in [0.29, 0.717) is 39.5 Å². The van der Waals surface area contributed by atoms with Crippen LogP contribution in [0, 0.1) is 6.92 Å². The molecule has 8 nitrogen and oxygen atoms in total. The lowest BCUT2D eigenvalue weighted by atomic mass is 10.2. The number of benzene rings is 2. The molecule has 0 radical (unpaired) electrons. The maximum atomic E-state index is 12.4. The van der Waals surface area contributed by atoms with Crippen LogP contribution in [0.15, 0.2) is 60.3 Å². The minimum absolute atomic E-state index is 0.138. The molecule has 0 saturated heterocycles. The van der Waals surface area contributed by atoms with Gasteiger partial charge in [-0.05, 0) is 48.9 Å². The first-order valence-electron chi connectivity index (χ1n) is 10.0. The molecule has 3 rings (SSSR count). The smallest absolute Gasteiger partial charge is 0.251 e. The largest absolute Gasteiger partial charge is 0.497 e. The van der Waals surface area contributed by atoms with Gasteiger partial charge in [0, 0.05) is 22.8 Å². The molecule has 0 aliphatic rings. The number of hydrogen-bond donors (Lipinski definition) is 2. The van der Waals surface area contributed by atoms with E-state index in [2.05, 4.69) is 27.4 Å². The summed E-state index contributed by atoms with van der Waals surface area (Å²) in [6.45, 7) is 6.29. The summed E-state index contributed by atoms with van der Waals surface area (Å²) in [5.74, 6) is 0.947. The number of hydrogen-bond acceptors (Lipinski definition) is 6. The highest BCUT2D eigenvalue weighted by Crippen LogP contribution is 2.22. The standard InChI is InChI=1S/C23H24ClN5O3S/c1-4-11-29-20(13-25-22(31)16-6-9-18(32-3)10-7-16)27-28-23(29)33-14-21(30)26-19-12-17(24)8-5-15(19)2/h4-10,12H,1,11,13-14H2,2-3H3,(H,25,31)(H,26,30). The number of nitrogens with one attached hydrogen (secondary N) is 2. The normalized spacial score (nSPS) is 10.5. The molecule has 2 N–H and O–H groups in total. The Balaban J connectivity index is 1.61. The third-order valence-electron chi connectivity index (χ3n) is 4.67. The molecule has 0 aliphatic heterocycles. The van der Waals surface area contributed by atoms with Gasteiger partial charge in [-0.1, -0.05) is 35.5 Å². The zero-order chi connectivity index (χ0) is 23.8. The van der Waals surface area contributed by atoms with Crippen LogP contribution >= 0.6 is 23.4 Å². The number of halogens is 1. The molecule has 0 bridgehead atoms. The average Bonchev–Trinajstić information content (AvgIpc) is 3.20. The third kappa shape index (κ3) is 6.59. The quantitative estimate of drug-likeness (QED) is 0.331. The lowest BCUT2D eigenvalue weighted by Gasteiger charge is -2.10. The number of rotatable bonds is 10. The number of nitrogens with zero attached hydrogens (tertiary/aromatic N) is 3. The molecule has 0 aliphatic carbocycles. The van der Waals surface area contributed by atoms with Crippen molar-refractivity contribution in [3.8, 4) is 5.75 Å². The van der Waals surface area contributed by atoms with E-state index in [0.717, 1.165) is 5.56 Å². The molecular weight excluding hydrogens is 462 g/mol. The lowest BCUT2D eigenvalue weighted by molar-refractivity contribution is -0.113. The second kappa shape index (κ2) is 11.5. The molecule has 2 aromatic carbocycles. The van der Waals surface area contributed by atoms with Crippen LogP contribution in [-0.4, -0.2) is 39.4 Å². The number of carbonyl (C=O) groups is 2. The van der Waals surface area contributed by atoms with Gasteiger partial charge in [0.1, 0.15) is 5.75 Å². The zero-order valence-electron chi connectivity index (χ0n) is 18.3. The zero-order valence-corrected chi connectivity index (χ0v) is 19.9. The van der Waals surface area contributed by atoms with Crippen molar-refractivity contribution < 1.29 is 14.3 Å². The molecule has 0 saturated carbocycles. The third-order valence-corrected chi connectivity index (χ3v) is 5.87. The molecular formula is C23H24ClN5O3S. The van der Waals surface area contributed by atoms with Crippen LogP contribution in [0.4, 0.5) is 5.69 Å². The predicted octanol–water partition coefficient (Wildman–Crippen LogP) is 4.10. The minimum Gasteiger partial charge on any atom is -0.497 e. The number of ether oxygens (including phenoxy) is 1. The predicted molar refractivity (Wildman–Crippen MR) is 130 cm³/mol. The van der Waals surface area contributed by atoms with Gasteiger partial charge < -0.3 is 19.9 Å². The van der Waals surface area contributed by atoms with E-state index in [4.69, 9.17) is 16.3 Å². The lowest BCUT2D eigenvalue weighted by Crippen LogP contribution is -2.24. The van der Waals surface area contributed by atoms with Crippen molar-refractivity contribution >= 4 is 40.9 Å². The average molecular weight is 486 g/mol. The van der Waals surface area contributed by atoms with Crippen LogP contribution in [0.5, 0.6) is 5.75 Å². The number of anilines is 1. The van der Waals surface area contributed by atoms with Crippen molar-refractivity contribution in [2.45, 2.75) is 25.2 Å². The first-order valence-corrected chi connectivity index (χ1v) is 11.4. The highest BCUT2D eigenvalue weighted by Gasteiger charge is 2.15. The van der Waals surface area contributed by atoms with Gasteiger partial charge in [-0.3, -0.25) is 9.59 Å². The van der Waals surface area contributed by atoms with Crippen LogP contribution in [0.3, 0.4) is 0 Å². The van der Waals surface area contributed by atoms with Gasteiger partial charge in [0.25, 0.3) is 5.91 Å². The maximum absolute atomic E-state index is 12.4. The number of methoxy groups -OCH3 is 1. The van der Waals surface area contributed by atoms with Crippen molar-refractivity contribution in [2.24, 2.45) is 0 Å². The first-order chi connectivity index (χ1) is 15.9. The van der Waals surface area contributed by atoms with Crippen molar-refractivity contribution in [1.82, 2.24) is 20.1 Å². The molecule has 172 valence electrons. The minimum atomic E-state index is -0.240. The van der Waals surface area contributed by atoms with E-state index in [1.165, 1.54) is 11.8 Å². The number of aromatic nitrogens is 3. The van der Waals surface area contributed by atoms with Crippen molar-refractivity contribution in [1.29, 1.82) is 0 Å². The fourth-order valence-electron chi connectivity index (χ4n) is 2.92. The van der Waals surface area contributed by atoms with Gasteiger partial charge in [-0.15, -0.1) is 16.8 Å². The Hall–Kier alpha value is -3.30. The molecule has 2 amide bonds. The molecule has 0 atom stereocenters. The SMILES string of the molecule is C=CCn1c(CNC(=O)c2ccc(OC)cc2)nnc1SCC(=O)Nc1cc(Cl)ccc1C. The number of carbonyl (C=O) groups excluding carboxylic acids is 2. The second-order valence-electron chi connectivity index (χ2n) is 7.01.